The van der Waals surface area contributed by atoms with Crippen LogP contribution in [0.25, 0.3) is 11.5 Å². The van der Waals surface area contributed by atoms with Crippen molar-refractivity contribution in [2.75, 3.05) is 19.8 Å². The molecule has 0 radical (unpaired) electrons. The van der Waals surface area contributed by atoms with E-state index >= 15 is 0 Å². The van der Waals surface area contributed by atoms with Crippen molar-refractivity contribution in [3.63, 3.8) is 0 Å². The number of hydrogen-bond donors (Lipinski definition) is 1. The van der Waals surface area contributed by atoms with Gasteiger partial charge in [0.2, 0.25) is 11.8 Å². The number of pyridine rings is 1. The molecule has 0 aliphatic rings. The van der Waals surface area contributed by atoms with E-state index in [4.69, 9.17) is 18.6 Å². The van der Waals surface area contributed by atoms with Gasteiger partial charge in [-0.2, -0.15) is 0 Å². The summed E-state index contributed by atoms with van der Waals surface area (Å²) in [6.07, 6.45) is 5.52. The van der Waals surface area contributed by atoms with Gasteiger partial charge in [0.15, 0.2) is 0 Å². The number of unbranched alkanes of at least 4 members (excludes halogenated alkanes) is 2. The average molecular weight is 405 g/mol. The molecule has 2 rings (SSSR count). The molecular formula is C21H31N3O5. The van der Waals surface area contributed by atoms with Gasteiger partial charge in [-0.1, -0.05) is 0 Å². The van der Waals surface area contributed by atoms with Crippen LogP contribution in [-0.2, 0) is 16.1 Å². The predicted molar refractivity (Wildman–Crippen MR) is 109 cm³/mol. The van der Waals surface area contributed by atoms with Crippen molar-refractivity contribution < 1.29 is 23.4 Å². The molecule has 0 atom stereocenters. The minimum absolute atomic E-state index is 0.384. The third-order valence-corrected chi connectivity index (χ3v) is 3.73. The highest BCUT2D eigenvalue weighted by Gasteiger charge is 2.15. The summed E-state index contributed by atoms with van der Waals surface area (Å²) in [5.74, 6) is 1.04. The number of oxazole rings is 1. The number of aromatic nitrogens is 2. The van der Waals surface area contributed by atoms with Gasteiger partial charge in [0.05, 0.1) is 13.2 Å². The van der Waals surface area contributed by atoms with E-state index in [-0.39, 0.29) is 6.09 Å². The van der Waals surface area contributed by atoms with Crippen molar-refractivity contribution in [3.8, 4) is 17.3 Å². The van der Waals surface area contributed by atoms with Crippen LogP contribution in [0, 0.1) is 0 Å². The summed E-state index contributed by atoms with van der Waals surface area (Å²) in [5.41, 5.74) is 1.08. The van der Waals surface area contributed by atoms with Gasteiger partial charge in [-0.15, -0.1) is 0 Å². The number of ether oxygens (including phenoxy) is 3. The lowest BCUT2D eigenvalue weighted by molar-refractivity contribution is 0.0527. The number of carbonyl (C=O) groups is 1. The van der Waals surface area contributed by atoms with Crippen molar-refractivity contribution >= 4 is 6.09 Å². The van der Waals surface area contributed by atoms with E-state index in [0.29, 0.717) is 38.1 Å². The largest absolute Gasteiger partial charge is 0.478 e. The van der Waals surface area contributed by atoms with Crippen LogP contribution in [0.5, 0.6) is 5.88 Å². The van der Waals surface area contributed by atoms with E-state index in [1.165, 1.54) is 0 Å². The SMILES string of the molecule is CCOCc1coc(-c2ccnc(OCCCCCNC(=O)OC(C)(C)C)c2)n1. The lowest BCUT2D eigenvalue weighted by atomic mass is 10.2. The molecule has 2 heterocycles. The molecule has 2 aromatic rings. The summed E-state index contributed by atoms with van der Waals surface area (Å²) < 4.78 is 21.7. The lowest BCUT2D eigenvalue weighted by Crippen LogP contribution is -2.33. The highest BCUT2D eigenvalue weighted by atomic mass is 16.6. The van der Waals surface area contributed by atoms with E-state index in [2.05, 4.69) is 15.3 Å². The zero-order chi connectivity index (χ0) is 21.1. The summed E-state index contributed by atoms with van der Waals surface area (Å²) in [5, 5.41) is 2.75. The number of alkyl carbamates (subject to hydrolysis) is 1. The van der Waals surface area contributed by atoms with Gasteiger partial charge in [-0.25, -0.2) is 14.8 Å². The van der Waals surface area contributed by atoms with Crippen LogP contribution < -0.4 is 10.1 Å². The molecule has 0 aliphatic heterocycles. The van der Waals surface area contributed by atoms with Crippen molar-refractivity contribution in [1.29, 1.82) is 0 Å². The first-order valence-corrected chi connectivity index (χ1v) is 9.95. The molecule has 8 heteroatoms. The molecule has 0 saturated heterocycles. The average Bonchev–Trinajstić information content (AvgIpc) is 3.13. The van der Waals surface area contributed by atoms with Gasteiger partial charge in [0.25, 0.3) is 0 Å². The van der Waals surface area contributed by atoms with E-state index < -0.39 is 5.60 Å². The molecule has 0 bridgehead atoms. The van der Waals surface area contributed by atoms with Crippen molar-refractivity contribution in [3.05, 3.63) is 30.3 Å². The molecule has 160 valence electrons. The molecule has 0 spiro atoms. The molecule has 1 N–H and O–H groups in total. The molecule has 0 aliphatic carbocycles. The van der Waals surface area contributed by atoms with Gasteiger partial charge in [-0.3, -0.25) is 0 Å². The lowest BCUT2D eigenvalue weighted by Gasteiger charge is -2.19. The smallest absolute Gasteiger partial charge is 0.407 e. The normalized spacial score (nSPS) is 11.3. The fraction of sp³-hybridized carbons (Fsp3) is 0.571. The Labute approximate surface area is 172 Å². The summed E-state index contributed by atoms with van der Waals surface area (Å²) in [4.78, 5) is 20.2. The predicted octanol–water partition coefficient (Wildman–Crippen LogP) is 4.35. The highest BCUT2D eigenvalue weighted by molar-refractivity contribution is 5.67. The first-order valence-electron chi connectivity index (χ1n) is 9.95. The third kappa shape index (κ3) is 8.95. The zero-order valence-electron chi connectivity index (χ0n) is 17.7. The van der Waals surface area contributed by atoms with Crippen molar-refractivity contribution in [2.24, 2.45) is 0 Å². The standard InChI is InChI=1S/C21H31N3O5/c1-5-26-14-17-15-28-19(24-17)16-9-11-22-18(13-16)27-12-8-6-7-10-23-20(25)29-21(2,3)4/h9,11,13,15H,5-8,10,12,14H2,1-4H3,(H,23,25). The minimum Gasteiger partial charge on any atom is -0.478 e. The maximum Gasteiger partial charge on any atom is 0.407 e. The van der Waals surface area contributed by atoms with Gasteiger partial charge < -0.3 is 23.9 Å². The second-order valence-electron chi connectivity index (χ2n) is 7.50. The number of rotatable bonds is 11. The van der Waals surface area contributed by atoms with Gasteiger partial charge >= 0.3 is 6.09 Å². The Hall–Kier alpha value is -2.61. The Bertz CT molecular complexity index is 755. The van der Waals surface area contributed by atoms with Gasteiger partial charge in [0.1, 0.15) is 17.6 Å². The molecule has 0 saturated carbocycles. The molecule has 0 aromatic carbocycles. The number of hydrogen-bond acceptors (Lipinski definition) is 7. The highest BCUT2D eigenvalue weighted by Crippen LogP contribution is 2.22. The number of nitrogens with one attached hydrogen (secondary N) is 1. The molecule has 0 fully saturated rings. The molecular weight excluding hydrogens is 374 g/mol. The van der Waals surface area contributed by atoms with Crippen LogP contribution in [0.4, 0.5) is 4.79 Å². The van der Waals surface area contributed by atoms with Crippen LogP contribution >= 0.6 is 0 Å². The zero-order valence-corrected chi connectivity index (χ0v) is 17.7. The van der Waals surface area contributed by atoms with E-state index in [9.17, 15) is 4.79 Å². The van der Waals surface area contributed by atoms with Crippen molar-refractivity contribution in [2.45, 2.75) is 59.2 Å². The van der Waals surface area contributed by atoms with Crippen LogP contribution in [0.15, 0.2) is 29.0 Å². The van der Waals surface area contributed by atoms with E-state index in [1.807, 2.05) is 33.8 Å². The van der Waals surface area contributed by atoms with Crippen LogP contribution in [0.1, 0.15) is 52.7 Å². The second kappa shape index (κ2) is 11.4. The summed E-state index contributed by atoms with van der Waals surface area (Å²) in [6, 6.07) is 3.63. The Kier molecular flexibility index (Phi) is 8.92. The quantitative estimate of drug-likeness (QED) is 0.555. The Morgan fingerprint density at radius 1 is 1.24 bits per heavy atom. The van der Waals surface area contributed by atoms with Gasteiger partial charge in [-0.05, 0) is 53.0 Å². The molecule has 8 nitrogen and oxygen atoms in total. The van der Waals surface area contributed by atoms with Gasteiger partial charge in [0, 0.05) is 31.0 Å². The van der Waals surface area contributed by atoms with Crippen LogP contribution in [-0.4, -0.2) is 41.4 Å². The first-order chi connectivity index (χ1) is 13.9. The Balaban J connectivity index is 1.67. The molecule has 29 heavy (non-hydrogen) atoms. The summed E-state index contributed by atoms with van der Waals surface area (Å²) in [6.45, 7) is 9.65. The summed E-state index contributed by atoms with van der Waals surface area (Å²) in [7, 11) is 0. The monoisotopic (exact) mass is 405 g/mol. The summed E-state index contributed by atoms with van der Waals surface area (Å²) >= 11 is 0. The third-order valence-electron chi connectivity index (χ3n) is 3.73. The minimum atomic E-state index is -0.477. The number of amides is 1. The molecule has 2 aromatic heterocycles. The fourth-order valence-corrected chi connectivity index (χ4v) is 2.42. The number of nitrogens with zero attached hydrogens (tertiary/aromatic N) is 2. The van der Waals surface area contributed by atoms with Crippen molar-refractivity contribution in [1.82, 2.24) is 15.3 Å². The van der Waals surface area contributed by atoms with Crippen LogP contribution in [0.3, 0.4) is 0 Å². The second-order valence-corrected chi connectivity index (χ2v) is 7.50. The van der Waals surface area contributed by atoms with E-state index in [0.717, 1.165) is 30.5 Å². The van der Waals surface area contributed by atoms with Crippen LogP contribution in [0.2, 0.25) is 0 Å². The first kappa shape index (κ1) is 22.7. The maximum absolute atomic E-state index is 11.5. The molecule has 0 unspecified atom stereocenters. The Morgan fingerprint density at radius 3 is 2.83 bits per heavy atom. The topological polar surface area (TPSA) is 95.7 Å². The van der Waals surface area contributed by atoms with E-state index in [1.54, 1.807) is 18.5 Å². The fourth-order valence-electron chi connectivity index (χ4n) is 2.42. The number of carbonyl (C=O) groups excluding carboxylic acids is 1. The maximum atomic E-state index is 11.5. The molecule has 1 amide bonds. The Morgan fingerprint density at radius 2 is 2.07 bits per heavy atom.